The van der Waals surface area contributed by atoms with Crippen molar-refractivity contribution in [2.75, 3.05) is 7.11 Å². The number of fused-ring (bicyclic) bond motifs is 2. The molecule has 2 aromatic carbocycles. The molecule has 1 aliphatic heterocycles. The quantitative estimate of drug-likeness (QED) is 0.841. The lowest BCUT2D eigenvalue weighted by Crippen LogP contribution is -2.35. The lowest BCUT2D eigenvalue weighted by molar-refractivity contribution is -0.0350. The number of ether oxygens (including phenoxy) is 1. The van der Waals surface area contributed by atoms with Crippen molar-refractivity contribution < 1.29 is 9.53 Å². The first-order chi connectivity index (χ1) is 10.8. The van der Waals surface area contributed by atoms with Crippen LogP contribution in [-0.4, -0.2) is 17.9 Å². The Balaban J connectivity index is 1.80. The molecule has 22 heavy (non-hydrogen) atoms. The van der Waals surface area contributed by atoms with Gasteiger partial charge in [0.05, 0.1) is 6.04 Å². The summed E-state index contributed by atoms with van der Waals surface area (Å²) < 4.78 is 5.69. The van der Waals surface area contributed by atoms with Gasteiger partial charge in [0, 0.05) is 18.2 Å². The van der Waals surface area contributed by atoms with Crippen molar-refractivity contribution in [3.8, 4) is 0 Å². The zero-order chi connectivity index (χ0) is 15.1. The summed E-state index contributed by atoms with van der Waals surface area (Å²) in [5.41, 5.74) is 4.39. The van der Waals surface area contributed by atoms with Crippen LogP contribution in [0.15, 0.2) is 48.5 Å². The van der Waals surface area contributed by atoms with Crippen molar-refractivity contribution in [1.29, 1.82) is 0 Å². The standard InChI is InChI=1S/C19H19NO2/c1-22-19-16-11-5-4-10-15(16)18(21)20(19)17-12-6-8-13-7-2-3-9-14(13)17/h2-5,7,9-11,17,19H,6,8,12H2,1H3/t17-,19-/m1/s1. The number of benzene rings is 2. The number of hydrogen-bond acceptors (Lipinski definition) is 2. The largest absolute Gasteiger partial charge is 0.357 e. The van der Waals surface area contributed by atoms with Crippen LogP contribution in [-0.2, 0) is 11.2 Å². The van der Waals surface area contributed by atoms with Crippen LogP contribution in [0.4, 0.5) is 0 Å². The summed E-state index contributed by atoms with van der Waals surface area (Å²) >= 11 is 0. The average molecular weight is 293 g/mol. The highest BCUT2D eigenvalue weighted by atomic mass is 16.5. The van der Waals surface area contributed by atoms with Crippen LogP contribution in [0.5, 0.6) is 0 Å². The van der Waals surface area contributed by atoms with E-state index >= 15 is 0 Å². The van der Waals surface area contributed by atoms with E-state index in [-0.39, 0.29) is 18.2 Å². The monoisotopic (exact) mass is 293 g/mol. The van der Waals surface area contributed by atoms with Crippen molar-refractivity contribution in [1.82, 2.24) is 4.90 Å². The zero-order valence-electron chi connectivity index (χ0n) is 12.7. The minimum absolute atomic E-state index is 0.0872. The second-order valence-electron chi connectivity index (χ2n) is 5.99. The molecule has 0 bridgehead atoms. The molecule has 2 atom stereocenters. The lowest BCUT2D eigenvalue weighted by atomic mass is 9.87. The van der Waals surface area contributed by atoms with Crippen molar-refractivity contribution in [2.24, 2.45) is 0 Å². The Morgan fingerprint density at radius 1 is 1.05 bits per heavy atom. The Hall–Kier alpha value is -2.13. The molecule has 1 amide bonds. The topological polar surface area (TPSA) is 29.5 Å². The molecule has 2 aromatic rings. The molecule has 112 valence electrons. The van der Waals surface area contributed by atoms with Crippen LogP contribution in [0.3, 0.4) is 0 Å². The van der Waals surface area contributed by atoms with Gasteiger partial charge in [0.2, 0.25) is 0 Å². The fourth-order valence-electron chi connectivity index (χ4n) is 3.87. The molecule has 0 saturated carbocycles. The first kappa shape index (κ1) is 13.5. The minimum Gasteiger partial charge on any atom is -0.357 e. The maximum atomic E-state index is 12.9. The van der Waals surface area contributed by atoms with E-state index in [1.165, 1.54) is 11.1 Å². The number of methoxy groups -OCH3 is 1. The van der Waals surface area contributed by atoms with Crippen LogP contribution in [0.25, 0.3) is 0 Å². The summed E-state index contributed by atoms with van der Waals surface area (Å²) in [7, 11) is 1.68. The van der Waals surface area contributed by atoms with Crippen LogP contribution in [0.1, 0.15) is 52.2 Å². The molecular formula is C19H19NO2. The molecule has 0 spiro atoms. The third kappa shape index (κ3) is 1.89. The van der Waals surface area contributed by atoms with Gasteiger partial charge in [-0.1, -0.05) is 42.5 Å². The normalized spacial score (nSPS) is 23.3. The van der Waals surface area contributed by atoms with Crippen molar-refractivity contribution in [3.05, 3.63) is 70.8 Å². The smallest absolute Gasteiger partial charge is 0.257 e. The Morgan fingerprint density at radius 3 is 2.59 bits per heavy atom. The number of hydrogen-bond donors (Lipinski definition) is 0. The van der Waals surface area contributed by atoms with Gasteiger partial charge in [0.25, 0.3) is 5.91 Å². The second kappa shape index (κ2) is 5.25. The fraction of sp³-hybridized carbons (Fsp3) is 0.316. The van der Waals surface area contributed by atoms with Crippen molar-refractivity contribution >= 4 is 5.91 Å². The van der Waals surface area contributed by atoms with Gasteiger partial charge in [-0.3, -0.25) is 4.79 Å². The predicted molar refractivity (Wildman–Crippen MR) is 84.5 cm³/mol. The first-order valence-electron chi connectivity index (χ1n) is 7.83. The fourth-order valence-corrected chi connectivity index (χ4v) is 3.87. The second-order valence-corrected chi connectivity index (χ2v) is 5.99. The summed E-state index contributed by atoms with van der Waals surface area (Å²) in [5.74, 6) is 0.0872. The van der Waals surface area contributed by atoms with Crippen LogP contribution < -0.4 is 0 Å². The van der Waals surface area contributed by atoms with Gasteiger partial charge < -0.3 is 9.64 Å². The summed E-state index contributed by atoms with van der Waals surface area (Å²) in [6.45, 7) is 0. The van der Waals surface area contributed by atoms with Gasteiger partial charge >= 0.3 is 0 Å². The number of aryl methyl sites for hydroxylation is 1. The molecule has 0 aromatic heterocycles. The van der Waals surface area contributed by atoms with Crippen molar-refractivity contribution in [2.45, 2.75) is 31.5 Å². The Labute approximate surface area is 130 Å². The molecule has 0 fully saturated rings. The van der Waals surface area contributed by atoms with E-state index in [2.05, 4.69) is 24.3 Å². The van der Waals surface area contributed by atoms with E-state index in [4.69, 9.17) is 4.74 Å². The van der Waals surface area contributed by atoms with Gasteiger partial charge in [-0.15, -0.1) is 0 Å². The van der Waals surface area contributed by atoms with E-state index in [1.807, 2.05) is 29.2 Å². The maximum absolute atomic E-state index is 12.9. The zero-order valence-corrected chi connectivity index (χ0v) is 12.7. The average Bonchev–Trinajstić information content (AvgIpc) is 2.87. The summed E-state index contributed by atoms with van der Waals surface area (Å²) in [4.78, 5) is 14.9. The highest BCUT2D eigenvalue weighted by molar-refractivity contribution is 5.99. The van der Waals surface area contributed by atoms with Gasteiger partial charge in [0.15, 0.2) is 6.23 Å². The van der Waals surface area contributed by atoms with Crippen LogP contribution in [0.2, 0.25) is 0 Å². The highest BCUT2D eigenvalue weighted by Gasteiger charge is 2.42. The van der Waals surface area contributed by atoms with Gasteiger partial charge in [-0.25, -0.2) is 0 Å². The minimum atomic E-state index is -0.278. The number of nitrogens with zero attached hydrogens (tertiary/aromatic N) is 1. The van der Waals surface area contributed by atoms with Crippen molar-refractivity contribution in [3.63, 3.8) is 0 Å². The molecular weight excluding hydrogens is 274 g/mol. The SMILES string of the molecule is CO[C@@H]1c2ccccc2C(=O)N1[C@@H]1CCCc2ccccc21. The molecule has 0 radical (unpaired) electrons. The number of amides is 1. The highest BCUT2D eigenvalue weighted by Crippen LogP contribution is 2.44. The van der Waals surface area contributed by atoms with Gasteiger partial charge in [-0.2, -0.15) is 0 Å². The van der Waals surface area contributed by atoms with E-state index < -0.39 is 0 Å². The molecule has 1 aliphatic carbocycles. The Morgan fingerprint density at radius 2 is 1.77 bits per heavy atom. The third-order valence-corrected chi connectivity index (χ3v) is 4.84. The molecule has 0 N–H and O–H groups in total. The Kier molecular flexibility index (Phi) is 3.23. The van der Waals surface area contributed by atoms with E-state index in [0.717, 1.165) is 30.4 Å². The lowest BCUT2D eigenvalue weighted by Gasteiger charge is -2.36. The van der Waals surface area contributed by atoms with Gasteiger partial charge in [0.1, 0.15) is 0 Å². The summed E-state index contributed by atoms with van der Waals surface area (Å²) in [6, 6.07) is 16.4. The molecule has 2 aliphatic rings. The molecule has 1 heterocycles. The number of rotatable bonds is 2. The summed E-state index contributed by atoms with van der Waals surface area (Å²) in [5, 5.41) is 0. The van der Waals surface area contributed by atoms with Crippen LogP contribution in [0, 0.1) is 0 Å². The number of carbonyl (C=O) groups excluding carboxylic acids is 1. The first-order valence-corrected chi connectivity index (χ1v) is 7.83. The molecule has 0 unspecified atom stereocenters. The number of carbonyl (C=O) groups is 1. The molecule has 3 heteroatoms. The predicted octanol–water partition coefficient (Wildman–Crippen LogP) is 3.87. The Bertz CT molecular complexity index is 725. The van der Waals surface area contributed by atoms with E-state index in [9.17, 15) is 4.79 Å². The molecule has 4 rings (SSSR count). The molecule has 3 nitrogen and oxygen atoms in total. The summed E-state index contributed by atoms with van der Waals surface area (Å²) in [6.07, 6.45) is 2.92. The maximum Gasteiger partial charge on any atom is 0.257 e. The van der Waals surface area contributed by atoms with Crippen LogP contribution >= 0.6 is 0 Å². The third-order valence-electron chi connectivity index (χ3n) is 4.84. The van der Waals surface area contributed by atoms with E-state index in [0.29, 0.717) is 0 Å². The molecule has 0 saturated heterocycles. The van der Waals surface area contributed by atoms with Gasteiger partial charge in [-0.05, 0) is 36.5 Å². The van der Waals surface area contributed by atoms with E-state index in [1.54, 1.807) is 7.11 Å².